The molecule has 1 amide bonds. The Morgan fingerprint density at radius 3 is 2.74 bits per heavy atom. The SMILES string of the molecule is COC(=O)Nc1cc(C2CC2)nn1-c1ccccc1. The highest BCUT2D eigenvalue weighted by Crippen LogP contribution is 2.40. The second kappa shape index (κ2) is 4.76. The molecule has 1 aromatic carbocycles. The summed E-state index contributed by atoms with van der Waals surface area (Å²) >= 11 is 0. The molecule has 1 heterocycles. The van der Waals surface area contributed by atoms with Crippen molar-refractivity contribution < 1.29 is 9.53 Å². The maximum absolute atomic E-state index is 11.4. The maximum Gasteiger partial charge on any atom is 0.412 e. The van der Waals surface area contributed by atoms with Gasteiger partial charge in [-0.15, -0.1) is 0 Å². The molecule has 1 aliphatic rings. The lowest BCUT2D eigenvalue weighted by molar-refractivity contribution is 0.186. The van der Waals surface area contributed by atoms with Gasteiger partial charge < -0.3 is 4.74 Å². The molecule has 19 heavy (non-hydrogen) atoms. The first-order chi connectivity index (χ1) is 9.28. The minimum absolute atomic E-state index is 0.487. The van der Waals surface area contributed by atoms with Crippen molar-refractivity contribution in [3.05, 3.63) is 42.1 Å². The predicted molar refractivity (Wildman–Crippen MR) is 71.6 cm³/mol. The van der Waals surface area contributed by atoms with Crippen LogP contribution in [0.4, 0.5) is 10.6 Å². The summed E-state index contributed by atoms with van der Waals surface area (Å²) in [6.45, 7) is 0. The smallest absolute Gasteiger partial charge is 0.412 e. The number of hydrogen-bond donors (Lipinski definition) is 1. The van der Waals surface area contributed by atoms with E-state index in [4.69, 9.17) is 0 Å². The summed E-state index contributed by atoms with van der Waals surface area (Å²) in [7, 11) is 1.35. The fraction of sp³-hybridized carbons (Fsp3) is 0.286. The lowest BCUT2D eigenvalue weighted by atomic mass is 10.3. The Labute approximate surface area is 111 Å². The average Bonchev–Trinajstić information content (AvgIpc) is 3.21. The van der Waals surface area contributed by atoms with Gasteiger partial charge in [0.05, 0.1) is 18.5 Å². The van der Waals surface area contributed by atoms with Crippen LogP contribution < -0.4 is 5.32 Å². The molecule has 1 fully saturated rings. The van der Waals surface area contributed by atoms with Gasteiger partial charge in [-0.05, 0) is 25.0 Å². The zero-order valence-electron chi connectivity index (χ0n) is 10.7. The number of rotatable bonds is 3. The standard InChI is InChI=1S/C14H15N3O2/c1-19-14(18)15-13-9-12(10-7-8-10)16-17(13)11-5-3-2-4-6-11/h2-6,9-10H,7-8H2,1H3,(H,15,18). The van der Waals surface area contributed by atoms with E-state index in [0.717, 1.165) is 11.4 Å². The summed E-state index contributed by atoms with van der Waals surface area (Å²) in [6.07, 6.45) is 1.85. The van der Waals surface area contributed by atoms with Crippen LogP contribution in [0.5, 0.6) is 0 Å². The zero-order valence-corrected chi connectivity index (χ0v) is 10.7. The van der Waals surface area contributed by atoms with Crippen molar-refractivity contribution in [3.63, 3.8) is 0 Å². The predicted octanol–water partition coefficient (Wildman–Crippen LogP) is 2.93. The summed E-state index contributed by atoms with van der Waals surface area (Å²) in [5.41, 5.74) is 1.94. The first kappa shape index (κ1) is 11.8. The van der Waals surface area contributed by atoms with Crippen LogP contribution in [-0.4, -0.2) is 23.0 Å². The van der Waals surface area contributed by atoms with Crippen molar-refractivity contribution in [1.82, 2.24) is 9.78 Å². The number of ether oxygens (including phenoxy) is 1. The van der Waals surface area contributed by atoms with Crippen LogP contribution in [0.15, 0.2) is 36.4 Å². The molecule has 0 bridgehead atoms. The molecule has 5 nitrogen and oxygen atoms in total. The van der Waals surface area contributed by atoms with Gasteiger partial charge in [0.25, 0.3) is 0 Å². The van der Waals surface area contributed by atoms with Crippen molar-refractivity contribution in [2.24, 2.45) is 0 Å². The number of methoxy groups -OCH3 is 1. The summed E-state index contributed by atoms with van der Waals surface area (Å²) in [6, 6.07) is 11.6. The number of amides is 1. The highest BCUT2D eigenvalue weighted by molar-refractivity contribution is 5.83. The van der Waals surface area contributed by atoms with Gasteiger partial charge in [0.2, 0.25) is 0 Å². The van der Waals surface area contributed by atoms with Gasteiger partial charge in [-0.3, -0.25) is 5.32 Å². The van der Waals surface area contributed by atoms with E-state index in [9.17, 15) is 4.79 Å². The van der Waals surface area contributed by atoms with E-state index in [0.29, 0.717) is 11.7 Å². The summed E-state index contributed by atoms with van der Waals surface area (Å²) in [5.74, 6) is 1.17. The Balaban J connectivity index is 1.98. The molecule has 1 saturated carbocycles. The molecule has 0 radical (unpaired) electrons. The van der Waals surface area contributed by atoms with Gasteiger partial charge in [0, 0.05) is 12.0 Å². The fourth-order valence-electron chi connectivity index (χ4n) is 1.99. The quantitative estimate of drug-likeness (QED) is 0.919. The lowest BCUT2D eigenvalue weighted by Crippen LogP contribution is -2.14. The van der Waals surface area contributed by atoms with Crippen molar-refractivity contribution in [1.29, 1.82) is 0 Å². The molecule has 0 saturated heterocycles. The van der Waals surface area contributed by atoms with Crippen molar-refractivity contribution in [2.75, 3.05) is 12.4 Å². The Bertz CT molecular complexity index is 588. The summed E-state index contributed by atoms with van der Waals surface area (Å²) in [4.78, 5) is 11.4. The molecule has 1 aliphatic carbocycles. The van der Waals surface area contributed by atoms with Crippen molar-refractivity contribution >= 4 is 11.9 Å². The van der Waals surface area contributed by atoms with Crippen LogP contribution in [-0.2, 0) is 4.74 Å². The van der Waals surface area contributed by atoms with Crippen molar-refractivity contribution in [3.8, 4) is 5.69 Å². The number of anilines is 1. The molecule has 3 rings (SSSR count). The molecular formula is C14H15N3O2. The number of carbonyl (C=O) groups is 1. The Morgan fingerprint density at radius 1 is 1.37 bits per heavy atom. The van der Waals surface area contributed by atoms with E-state index in [1.54, 1.807) is 4.68 Å². The van der Waals surface area contributed by atoms with Crippen LogP contribution in [0.3, 0.4) is 0 Å². The third-order valence-corrected chi connectivity index (χ3v) is 3.14. The van der Waals surface area contributed by atoms with E-state index in [2.05, 4.69) is 15.2 Å². The molecule has 1 aromatic heterocycles. The zero-order chi connectivity index (χ0) is 13.2. The number of aromatic nitrogens is 2. The largest absolute Gasteiger partial charge is 0.453 e. The minimum atomic E-state index is -0.487. The summed E-state index contributed by atoms with van der Waals surface area (Å²) < 4.78 is 6.38. The number of benzene rings is 1. The Hall–Kier alpha value is -2.30. The molecule has 1 N–H and O–H groups in total. The van der Waals surface area contributed by atoms with Gasteiger partial charge in [-0.1, -0.05) is 18.2 Å². The van der Waals surface area contributed by atoms with E-state index >= 15 is 0 Å². The van der Waals surface area contributed by atoms with Crippen LogP contribution >= 0.6 is 0 Å². The Morgan fingerprint density at radius 2 is 2.11 bits per heavy atom. The second-order valence-corrected chi connectivity index (χ2v) is 4.59. The second-order valence-electron chi connectivity index (χ2n) is 4.59. The van der Waals surface area contributed by atoms with E-state index in [1.807, 2.05) is 36.4 Å². The number of carbonyl (C=O) groups excluding carboxylic acids is 1. The fourth-order valence-corrected chi connectivity index (χ4v) is 1.99. The lowest BCUT2D eigenvalue weighted by Gasteiger charge is -2.07. The third-order valence-electron chi connectivity index (χ3n) is 3.14. The van der Waals surface area contributed by atoms with Crippen molar-refractivity contribution in [2.45, 2.75) is 18.8 Å². The first-order valence-electron chi connectivity index (χ1n) is 6.28. The monoisotopic (exact) mass is 257 g/mol. The van der Waals surface area contributed by atoms with E-state index in [1.165, 1.54) is 20.0 Å². The van der Waals surface area contributed by atoms with Gasteiger partial charge in [0.1, 0.15) is 5.82 Å². The van der Waals surface area contributed by atoms with E-state index < -0.39 is 6.09 Å². The van der Waals surface area contributed by atoms with Crippen LogP contribution in [0.2, 0.25) is 0 Å². The molecule has 0 atom stereocenters. The highest BCUT2D eigenvalue weighted by Gasteiger charge is 2.28. The molecule has 2 aromatic rings. The molecular weight excluding hydrogens is 242 g/mol. The normalized spacial score (nSPS) is 14.2. The number of para-hydroxylation sites is 1. The van der Waals surface area contributed by atoms with Crippen LogP contribution in [0.25, 0.3) is 5.69 Å². The van der Waals surface area contributed by atoms with Gasteiger partial charge in [0.15, 0.2) is 0 Å². The van der Waals surface area contributed by atoms with E-state index in [-0.39, 0.29) is 0 Å². The van der Waals surface area contributed by atoms with Crippen LogP contribution in [0, 0.1) is 0 Å². The molecule has 5 heteroatoms. The Kier molecular flexibility index (Phi) is 2.95. The van der Waals surface area contributed by atoms with Gasteiger partial charge in [-0.2, -0.15) is 5.10 Å². The molecule has 0 aliphatic heterocycles. The third kappa shape index (κ3) is 2.45. The highest BCUT2D eigenvalue weighted by atomic mass is 16.5. The average molecular weight is 257 g/mol. The molecule has 0 spiro atoms. The summed E-state index contributed by atoms with van der Waals surface area (Å²) in [5, 5.41) is 7.28. The minimum Gasteiger partial charge on any atom is -0.453 e. The maximum atomic E-state index is 11.4. The number of nitrogens with one attached hydrogen (secondary N) is 1. The first-order valence-corrected chi connectivity index (χ1v) is 6.28. The number of hydrogen-bond acceptors (Lipinski definition) is 3. The van der Waals surface area contributed by atoms with Gasteiger partial charge >= 0.3 is 6.09 Å². The van der Waals surface area contributed by atoms with Gasteiger partial charge in [-0.25, -0.2) is 9.48 Å². The topological polar surface area (TPSA) is 56.1 Å². The van der Waals surface area contributed by atoms with Crippen LogP contribution in [0.1, 0.15) is 24.5 Å². The molecule has 98 valence electrons. The molecule has 0 unspecified atom stereocenters. The number of nitrogens with zero attached hydrogens (tertiary/aromatic N) is 2.